The molecule has 2 heterocycles. The quantitative estimate of drug-likeness (QED) is 0.747. The summed E-state index contributed by atoms with van der Waals surface area (Å²) in [4.78, 5) is 29.3. The molecule has 0 aliphatic carbocycles. The van der Waals surface area contributed by atoms with E-state index in [1.54, 1.807) is 18.2 Å². The van der Waals surface area contributed by atoms with Gasteiger partial charge < -0.3 is 25.7 Å². The van der Waals surface area contributed by atoms with Crippen LogP contribution in [0.5, 0.6) is 0 Å². The Morgan fingerprint density at radius 3 is 2.73 bits per heavy atom. The summed E-state index contributed by atoms with van der Waals surface area (Å²) in [5, 5.41) is 4.35. The van der Waals surface area contributed by atoms with E-state index < -0.39 is 11.7 Å². The minimum Gasteiger partial charge on any atom is -0.444 e. The number of fused-ring (bicyclic) bond motifs is 1. The van der Waals surface area contributed by atoms with Crippen LogP contribution in [0.25, 0.3) is 10.9 Å². The summed E-state index contributed by atoms with van der Waals surface area (Å²) >= 11 is 5.98. The third-order valence-corrected chi connectivity index (χ3v) is 4.40. The van der Waals surface area contributed by atoms with Crippen molar-refractivity contribution in [3.8, 4) is 0 Å². The molecule has 4 N–H and O–H groups in total. The maximum atomic E-state index is 12.5. The number of aromatic nitrogens is 1. The fourth-order valence-electron chi connectivity index (χ4n) is 2.93. The van der Waals surface area contributed by atoms with Gasteiger partial charge in [-0.05, 0) is 45.0 Å². The van der Waals surface area contributed by atoms with Crippen LogP contribution >= 0.6 is 11.6 Å². The molecule has 2 aromatic rings. The molecule has 2 atom stereocenters. The predicted octanol–water partition coefficient (Wildman–Crippen LogP) is 2.50. The van der Waals surface area contributed by atoms with E-state index in [4.69, 9.17) is 22.1 Å². The number of hydrogen-bond acceptors (Lipinski definition) is 4. The van der Waals surface area contributed by atoms with Gasteiger partial charge in [-0.25, -0.2) is 4.79 Å². The maximum absolute atomic E-state index is 12.5. The summed E-state index contributed by atoms with van der Waals surface area (Å²) in [6, 6.07) is 6.40. The molecule has 1 aliphatic heterocycles. The molecule has 0 bridgehead atoms. The van der Waals surface area contributed by atoms with Crippen LogP contribution < -0.4 is 11.1 Å². The second kappa shape index (κ2) is 6.81. The van der Waals surface area contributed by atoms with E-state index in [9.17, 15) is 9.59 Å². The molecule has 26 heavy (non-hydrogen) atoms. The van der Waals surface area contributed by atoms with Gasteiger partial charge in [-0.15, -0.1) is 0 Å². The van der Waals surface area contributed by atoms with Gasteiger partial charge in [0, 0.05) is 35.1 Å². The van der Waals surface area contributed by atoms with Gasteiger partial charge in [0.05, 0.1) is 6.04 Å². The normalized spacial score (nSPS) is 20.4. The van der Waals surface area contributed by atoms with E-state index in [-0.39, 0.29) is 18.0 Å². The first kappa shape index (κ1) is 18.5. The minimum absolute atomic E-state index is 0.274. The Morgan fingerprint density at radius 1 is 1.31 bits per heavy atom. The van der Waals surface area contributed by atoms with Crippen LogP contribution in [-0.2, 0) is 4.74 Å². The molecule has 0 saturated carbocycles. The highest BCUT2D eigenvalue weighted by molar-refractivity contribution is 6.31. The smallest absolute Gasteiger partial charge is 0.410 e. The Kier molecular flexibility index (Phi) is 4.86. The Bertz CT molecular complexity index is 843. The molecular weight excluding hydrogens is 356 g/mol. The van der Waals surface area contributed by atoms with Gasteiger partial charge in [-0.2, -0.15) is 0 Å². The predicted molar refractivity (Wildman–Crippen MR) is 100 cm³/mol. The second-order valence-electron chi connectivity index (χ2n) is 7.54. The lowest BCUT2D eigenvalue weighted by atomic mass is 10.2. The van der Waals surface area contributed by atoms with Gasteiger partial charge in [0.25, 0.3) is 5.91 Å². The molecule has 8 heteroatoms. The Labute approximate surface area is 156 Å². The van der Waals surface area contributed by atoms with Gasteiger partial charge >= 0.3 is 6.09 Å². The van der Waals surface area contributed by atoms with Gasteiger partial charge in [-0.3, -0.25) is 4.79 Å². The topological polar surface area (TPSA) is 100 Å². The van der Waals surface area contributed by atoms with Crippen molar-refractivity contribution in [2.24, 2.45) is 5.73 Å². The number of benzene rings is 1. The van der Waals surface area contributed by atoms with Crippen LogP contribution in [0.1, 0.15) is 31.3 Å². The maximum Gasteiger partial charge on any atom is 0.410 e. The zero-order valence-corrected chi connectivity index (χ0v) is 15.8. The average Bonchev–Trinajstić information content (AvgIpc) is 3.09. The van der Waals surface area contributed by atoms with Crippen LogP contribution in [0.2, 0.25) is 5.02 Å². The summed E-state index contributed by atoms with van der Waals surface area (Å²) in [5.74, 6) is -0.274. The number of hydrogen-bond donors (Lipinski definition) is 3. The summed E-state index contributed by atoms with van der Waals surface area (Å²) in [6.07, 6.45) is -0.426. The van der Waals surface area contributed by atoms with E-state index in [0.717, 1.165) is 10.9 Å². The third-order valence-electron chi connectivity index (χ3n) is 4.16. The molecule has 1 aliphatic rings. The molecule has 1 aromatic heterocycles. The van der Waals surface area contributed by atoms with Crippen molar-refractivity contribution in [3.63, 3.8) is 0 Å². The average molecular weight is 379 g/mol. The number of rotatable bonds is 2. The highest BCUT2D eigenvalue weighted by Crippen LogP contribution is 2.21. The highest BCUT2D eigenvalue weighted by atomic mass is 35.5. The SMILES string of the molecule is CC(C)(C)OC(=O)N1C[C@@H](N)[C@H](NC(=O)c2cc3cc(Cl)ccc3[nH]2)C1. The first-order chi connectivity index (χ1) is 12.1. The number of amides is 2. The van der Waals surface area contributed by atoms with Crippen molar-refractivity contribution in [3.05, 3.63) is 35.0 Å². The molecule has 1 saturated heterocycles. The molecule has 0 spiro atoms. The lowest BCUT2D eigenvalue weighted by Gasteiger charge is -2.24. The van der Waals surface area contributed by atoms with Gasteiger partial charge in [0.15, 0.2) is 0 Å². The van der Waals surface area contributed by atoms with Crippen molar-refractivity contribution < 1.29 is 14.3 Å². The first-order valence-electron chi connectivity index (χ1n) is 8.45. The van der Waals surface area contributed by atoms with Crippen molar-refractivity contribution in [1.82, 2.24) is 15.2 Å². The highest BCUT2D eigenvalue weighted by Gasteiger charge is 2.36. The molecule has 1 aromatic carbocycles. The number of ether oxygens (including phenoxy) is 1. The lowest BCUT2D eigenvalue weighted by Crippen LogP contribution is -2.46. The molecule has 0 unspecified atom stereocenters. The molecule has 1 fully saturated rings. The summed E-state index contributed by atoms with van der Waals surface area (Å²) < 4.78 is 5.36. The summed E-state index contributed by atoms with van der Waals surface area (Å²) in [7, 11) is 0. The summed E-state index contributed by atoms with van der Waals surface area (Å²) in [5.41, 5.74) is 6.77. The monoisotopic (exact) mass is 378 g/mol. The van der Waals surface area contributed by atoms with Gasteiger partial charge in [0.1, 0.15) is 11.3 Å². The van der Waals surface area contributed by atoms with Crippen LogP contribution in [0.3, 0.4) is 0 Å². The number of likely N-dealkylation sites (tertiary alicyclic amines) is 1. The van der Waals surface area contributed by atoms with E-state index >= 15 is 0 Å². The van der Waals surface area contributed by atoms with Crippen molar-refractivity contribution in [1.29, 1.82) is 0 Å². The fourth-order valence-corrected chi connectivity index (χ4v) is 3.11. The van der Waals surface area contributed by atoms with Crippen LogP contribution in [0.15, 0.2) is 24.3 Å². The van der Waals surface area contributed by atoms with Gasteiger partial charge in [0.2, 0.25) is 0 Å². The lowest BCUT2D eigenvalue weighted by molar-refractivity contribution is 0.0288. The number of H-pyrrole nitrogens is 1. The second-order valence-corrected chi connectivity index (χ2v) is 7.98. The number of halogens is 1. The number of nitrogens with two attached hydrogens (primary N) is 1. The van der Waals surface area contributed by atoms with E-state index in [2.05, 4.69) is 10.3 Å². The van der Waals surface area contributed by atoms with Crippen molar-refractivity contribution >= 4 is 34.5 Å². The van der Waals surface area contributed by atoms with Crippen LogP contribution in [-0.4, -0.2) is 52.7 Å². The Balaban J connectivity index is 1.66. The van der Waals surface area contributed by atoms with Gasteiger partial charge in [-0.1, -0.05) is 11.6 Å². The Morgan fingerprint density at radius 2 is 2.04 bits per heavy atom. The molecule has 3 rings (SSSR count). The van der Waals surface area contributed by atoms with E-state index in [0.29, 0.717) is 23.8 Å². The van der Waals surface area contributed by atoms with Crippen LogP contribution in [0.4, 0.5) is 4.79 Å². The van der Waals surface area contributed by atoms with E-state index in [1.165, 1.54) is 4.90 Å². The zero-order chi connectivity index (χ0) is 19.1. The fraction of sp³-hybridized carbons (Fsp3) is 0.444. The van der Waals surface area contributed by atoms with Crippen molar-refractivity contribution in [2.45, 2.75) is 38.5 Å². The number of carbonyl (C=O) groups excluding carboxylic acids is 2. The zero-order valence-electron chi connectivity index (χ0n) is 15.0. The number of nitrogens with zero attached hydrogens (tertiary/aromatic N) is 1. The van der Waals surface area contributed by atoms with Crippen LogP contribution in [0, 0.1) is 0 Å². The third kappa shape index (κ3) is 4.11. The first-order valence-corrected chi connectivity index (χ1v) is 8.83. The number of nitrogens with one attached hydrogen (secondary N) is 2. The molecular formula is C18H23ClN4O3. The standard InChI is InChI=1S/C18H23ClN4O3/c1-18(2,3)26-17(25)23-8-12(20)15(9-23)22-16(24)14-7-10-6-11(19)4-5-13(10)21-14/h4-7,12,15,21H,8-9,20H2,1-3H3,(H,22,24)/t12-,15-/m1/s1. The Hall–Kier alpha value is -2.25. The molecule has 140 valence electrons. The largest absolute Gasteiger partial charge is 0.444 e. The molecule has 0 radical (unpaired) electrons. The molecule has 7 nitrogen and oxygen atoms in total. The van der Waals surface area contributed by atoms with Crippen molar-refractivity contribution in [2.75, 3.05) is 13.1 Å². The van der Waals surface area contributed by atoms with E-state index in [1.807, 2.05) is 26.8 Å². The minimum atomic E-state index is -0.575. The number of carbonyl (C=O) groups is 2. The molecule has 2 amide bonds. The summed E-state index contributed by atoms with van der Waals surface area (Å²) in [6.45, 7) is 6.07. The number of aromatic amines is 1.